The van der Waals surface area contributed by atoms with Crippen LogP contribution in [0.1, 0.15) is 0 Å². The maximum atomic E-state index is 9.10. The molecule has 0 atom stereocenters. The molecule has 0 saturated carbocycles. The minimum Gasteiger partial charge on any atom is -0.394 e. The van der Waals surface area contributed by atoms with Gasteiger partial charge in [-0.05, 0) is 34.7 Å². The highest BCUT2D eigenvalue weighted by Crippen LogP contribution is 2.20. The Morgan fingerprint density at radius 2 is 2.00 bits per heavy atom. The van der Waals surface area contributed by atoms with Gasteiger partial charge in [0, 0.05) is 16.7 Å². The third-order valence-electron chi connectivity index (χ3n) is 2.90. The molecule has 0 bridgehead atoms. The molecule has 1 saturated heterocycles. The molecule has 7 heteroatoms. The SMILES string of the molecule is OCC(CO)Nc1cc(I)cc(N2CCOCC2)n1. The summed E-state index contributed by atoms with van der Waals surface area (Å²) >= 11 is 2.24. The van der Waals surface area contributed by atoms with Gasteiger partial charge in [-0.3, -0.25) is 0 Å². The van der Waals surface area contributed by atoms with Crippen LogP contribution in [0.2, 0.25) is 0 Å². The van der Waals surface area contributed by atoms with Crippen molar-refractivity contribution in [1.82, 2.24) is 4.98 Å². The van der Waals surface area contributed by atoms with Crippen molar-refractivity contribution in [3.63, 3.8) is 0 Å². The van der Waals surface area contributed by atoms with Crippen LogP contribution in [-0.2, 0) is 4.74 Å². The molecule has 1 aromatic rings. The van der Waals surface area contributed by atoms with E-state index in [0.717, 1.165) is 22.5 Å². The van der Waals surface area contributed by atoms with Crippen LogP contribution in [0.3, 0.4) is 0 Å². The van der Waals surface area contributed by atoms with Crippen LogP contribution in [-0.4, -0.2) is 60.8 Å². The fraction of sp³-hybridized carbons (Fsp3) is 0.583. The number of hydrogen-bond donors (Lipinski definition) is 3. The van der Waals surface area contributed by atoms with Crippen LogP contribution >= 0.6 is 22.6 Å². The van der Waals surface area contributed by atoms with Gasteiger partial charge < -0.3 is 25.2 Å². The molecule has 0 spiro atoms. The van der Waals surface area contributed by atoms with Crippen LogP contribution in [0.5, 0.6) is 0 Å². The third-order valence-corrected chi connectivity index (χ3v) is 3.53. The lowest BCUT2D eigenvalue weighted by Crippen LogP contribution is -2.37. The summed E-state index contributed by atoms with van der Waals surface area (Å²) in [4.78, 5) is 6.70. The van der Waals surface area contributed by atoms with Crippen molar-refractivity contribution in [1.29, 1.82) is 0 Å². The molecule has 1 fully saturated rings. The number of nitrogens with zero attached hydrogens (tertiary/aromatic N) is 2. The lowest BCUT2D eigenvalue weighted by atomic mass is 10.3. The number of rotatable bonds is 5. The van der Waals surface area contributed by atoms with E-state index >= 15 is 0 Å². The Balaban J connectivity index is 2.13. The van der Waals surface area contributed by atoms with Crippen molar-refractivity contribution in [3.8, 4) is 0 Å². The molecular weight excluding hydrogens is 361 g/mol. The van der Waals surface area contributed by atoms with Crippen molar-refractivity contribution >= 4 is 34.2 Å². The molecule has 0 amide bonds. The Bertz CT molecular complexity index is 409. The van der Waals surface area contributed by atoms with Gasteiger partial charge in [0.15, 0.2) is 0 Å². The molecule has 1 aliphatic heterocycles. The van der Waals surface area contributed by atoms with Crippen molar-refractivity contribution < 1.29 is 14.9 Å². The zero-order valence-electron chi connectivity index (χ0n) is 10.5. The van der Waals surface area contributed by atoms with E-state index in [0.29, 0.717) is 19.0 Å². The van der Waals surface area contributed by atoms with Gasteiger partial charge in [-0.25, -0.2) is 4.98 Å². The fourth-order valence-corrected chi connectivity index (χ4v) is 2.44. The molecule has 1 aliphatic rings. The normalized spacial score (nSPS) is 15.9. The van der Waals surface area contributed by atoms with Gasteiger partial charge in [-0.1, -0.05) is 0 Å². The molecular formula is C12H18IN3O3. The van der Waals surface area contributed by atoms with Crippen molar-refractivity contribution in [2.24, 2.45) is 0 Å². The molecule has 0 unspecified atom stereocenters. The second-order valence-electron chi connectivity index (χ2n) is 4.33. The molecule has 2 heterocycles. The number of aliphatic hydroxyl groups is 2. The van der Waals surface area contributed by atoms with Crippen LogP contribution in [0.25, 0.3) is 0 Å². The van der Waals surface area contributed by atoms with Gasteiger partial charge in [0.1, 0.15) is 11.6 Å². The average Bonchev–Trinajstić information content (AvgIpc) is 2.45. The molecule has 1 aromatic heterocycles. The number of pyridine rings is 1. The van der Waals surface area contributed by atoms with E-state index in [1.54, 1.807) is 0 Å². The summed E-state index contributed by atoms with van der Waals surface area (Å²) in [6, 6.07) is 3.52. The highest BCUT2D eigenvalue weighted by atomic mass is 127. The van der Waals surface area contributed by atoms with Gasteiger partial charge in [0.2, 0.25) is 0 Å². The lowest BCUT2D eigenvalue weighted by Gasteiger charge is -2.28. The lowest BCUT2D eigenvalue weighted by molar-refractivity contribution is 0.122. The molecule has 2 rings (SSSR count). The molecule has 19 heavy (non-hydrogen) atoms. The number of hydrogen-bond acceptors (Lipinski definition) is 6. The maximum absolute atomic E-state index is 9.10. The van der Waals surface area contributed by atoms with E-state index in [4.69, 9.17) is 14.9 Å². The number of aliphatic hydroxyl groups excluding tert-OH is 2. The highest BCUT2D eigenvalue weighted by molar-refractivity contribution is 14.1. The third kappa shape index (κ3) is 4.16. The number of nitrogens with one attached hydrogen (secondary N) is 1. The van der Waals surface area contributed by atoms with Crippen LogP contribution in [0, 0.1) is 3.57 Å². The summed E-state index contributed by atoms with van der Waals surface area (Å²) in [6.07, 6.45) is 0. The summed E-state index contributed by atoms with van der Waals surface area (Å²) < 4.78 is 6.39. The number of ether oxygens (including phenoxy) is 1. The van der Waals surface area contributed by atoms with Crippen LogP contribution in [0.15, 0.2) is 12.1 Å². The van der Waals surface area contributed by atoms with Crippen molar-refractivity contribution in [2.45, 2.75) is 6.04 Å². The molecule has 0 radical (unpaired) electrons. The second-order valence-corrected chi connectivity index (χ2v) is 5.58. The zero-order valence-corrected chi connectivity index (χ0v) is 12.7. The van der Waals surface area contributed by atoms with Gasteiger partial charge >= 0.3 is 0 Å². The molecule has 0 aliphatic carbocycles. The predicted molar refractivity (Wildman–Crippen MR) is 81.6 cm³/mol. The van der Waals surface area contributed by atoms with Gasteiger partial charge in [-0.15, -0.1) is 0 Å². The first-order chi connectivity index (χ1) is 9.22. The Labute approximate surface area is 125 Å². The molecule has 106 valence electrons. The van der Waals surface area contributed by atoms with Gasteiger partial charge in [0.25, 0.3) is 0 Å². The number of anilines is 2. The summed E-state index contributed by atoms with van der Waals surface area (Å²) in [5.74, 6) is 1.56. The van der Waals surface area contributed by atoms with E-state index in [1.807, 2.05) is 12.1 Å². The minimum atomic E-state index is -0.386. The number of morpholine rings is 1. The summed E-state index contributed by atoms with van der Waals surface area (Å²) in [5.41, 5.74) is 0. The summed E-state index contributed by atoms with van der Waals surface area (Å²) in [5, 5.41) is 21.2. The van der Waals surface area contributed by atoms with E-state index < -0.39 is 0 Å². The van der Waals surface area contributed by atoms with Gasteiger partial charge in [0.05, 0.1) is 32.5 Å². The van der Waals surface area contributed by atoms with Crippen molar-refractivity contribution in [2.75, 3.05) is 49.7 Å². The van der Waals surface area contributed by atoms with Crippen molar-refractivity contribution in [3.05, 3.63) is 15.7 Å². The van der Waals surface area contributed by atoms with E-state index in [1.165, 1.54) is 0 Å². The number of aromatic nitrogens is 1. The van der Waals surface area contributed by atoms with E-state index in [2.05, 4.69) is 37.8 Å². The minimum absolute atomic E-state index is 0.128. The monoisotopic (exact) mass is 379 g/mol. The standard InChI is InChI=1S/C12H18IN3O3/c13-9-5-11(14-10(7-17)8-18)15-12(6-9)16-1-3-19-4-2-16/h5-6,10,17-18H,1-4,7-8H2,(H,14,15). The summed E-state index contributed by atoms with van der Waals surface area (Å²) in [6.45, 7) is 2.83. The Morgan fingerprint density at radius 1 is 1.32 bits per heavy atom. The van der Waals surface area contributed by atoms with Gasteiger partial charge in [-0.2, -0.15) is 0 Å². The predicted octanol–water partition coefficient (Wildman–Crippen LogP) is 0.288. The van der Waals surface area contributed by atoms with Crippen LogP contribution < -0.4 is 10.2 Å². The van der Waals surface area contributed by atoms with E-state index in [-0.39, 0.29) is 19.3 Å². The fourth-order valence-electron chi connectivity index (χ4n) is 1.87. The molecule has 3 N–H and O–H groups in total. The second kappa shape index (κ2) is 7.22. The Hall–Kier alpha value is -0.640. The topological polar surface area (TPSA) is 77.9 Å². The summed E-state index contributed by atoms with van der Waals surface area (Å²) in [7, 11) is 0. The first kappa shape index (κ1) is 14.8. The highest BCUT2D eigenvalue weighted by Gasteiger charge is 2.14. The average molecular weight is 379 g/mol. The molecule has 6 nitrogen and oxygen atoms in total. The largest absolute Gasteiger partial charge is 0.394 e. The first-order valence-corrected chi connectivity index (χ1v) is 7.29. The Kier molecular flexibility index (Phi) is 5.61. The zero-order chi connectivity index (χ0) is 13.7. The van der Waals surface area contributed by atoms with Crippen LogP contribution in [0.4, 0.5) is 11.6 Å². The molecule has 0 aromatic carbocycles. The van der Waals surface area contributed by atoms with E-state index in [9.17, 15) is 0 Å². The smallest absolute Gasteiger partial charge is 0.132 e. The first-order valence-electron chi connectivity index (χ1n) is 6.21. The Morgan fingerprint density at radius 3 is 2.63 bits per heavy atom. The quantitative estimate of drug-likeness (QED) is 0.639. The number of halogens is 1. The maximum Gasteiger partial charge on any atom is 0.132 e.